The maximum Gasteiger partial charge on any atom is 0.273 e. The number of aryl methyl sites for hydroxylation is 1. The summed E-state index contributed by atoms with van der Waals surface area (Å²) in [6, 6.07) is 8.37. The zero-order valence-electron chi connectivity index (χ0n) is 14.0. The summed E-state index contributed by atoms with van der Waals surface area (Å²) in [5.74, 6) is 0. The number of hydrogen-bond donors (Lipinski definition) is 1. The third-order valence-corrected chi connectivity index (χ3v) is 9.03. The number of sulfonamides is 2. The molecule has 1 aliphatic heterocycles. The first kappa shape index (κ1) is 18.2. The highest BCUT2D eigenvalue weighted by Crippen LogP contribution is 2.35. The van der Waals surface area contributed by atoms with Gasteiger partial charge in [0.05, 0.1) is 16.6 Å². The fourth-order valence-electron chi connectivity index (χ4n) is 2.66. The number of benzene rings is 1. The van der Waals surface area contributed by atoms with Gasteiger partial charge in [-0.1, -0.05) is 12.1 Å². The minimum absolute atomic E-state index is 0.286. The Morgan fingerprint density at radius 1 is 1.16 bits per heavy atom. The largest absolute Gasteiger partial charge is 0.283 e. The van der Waals surface area contributed by atoms with Crippen molar-refractivity contribution in [2.45, 2.75) is 36.1 Å². The quantitative estimate of drug-likeness (QED) is 0.836. The van der Waals surface area contributed by atoms with Crippen molar-refractivity contribution in [3.05, 3.63) is 41.3 Å². The van der Waals surface area contributed by atoms with Crippen LogP contribution in [0.2, 0.25) is 0 Å². The molecule has 0 saturated carbocycles. The Morgan fingerprint density at radius 2 is 1.92 bits per heavy atom. The SMILES string of the molecule is CC(C)S(=O)(=O)Nc1ccc2c(c1)N(S(=O)(=O)c1cccs1)CCC2. The summed E-state index contributed by atoms with van der Waals surface area (Å²) in [6.45, 7) is 3.57. The van der Waals surface area contributed by atoms with Gasteiger partial charge in [0.2, 0.25) is 10.0 Å². The Hall–Kier alpha value is -1.58. The third-order valence-electron chi connectivity index (χ3n) is 4.08. The highest BCUT2D eigenvalue weighted by atomic mass is 32.2. The fraction of sp³-hybridized carbons (Fsp3) is 0.375. The lowest BCUT2D eigenvalue weighted by molar-refractivity contribution is 0.588. The van der Waals surface area contributed by atoms with Gasteiger partial charge in [-0.3, -0.25) is 9.03 Å². The van der Waals surface area contributed by atoms with Gasteiger partial charge < -0.3 is 0 Å². The topological polar surface area (TPSA) is 83.6 Å². The lowest BCUT2D eigenvalue weighted by Gasteiger charge is -2.30. The second-order valence-electron chi connectivity index (χ2n) is 6.15. The van der Waals surface area contributed by atoms with E-state index in [4.69, 9.17) is 0 Å². The second kappa shape index (κ2) is 6.62. The van der Waals surface area contributed by atoms with Crippen molar-refractivity contribution < 1.29 is 16.8 Å². The van der Waals surface area contributed by atoms with Gasteiger partial charge in [0.25, 0.3) is 10.0 Å². The molecule has 6 nitrogen and oxygen atoms in total. The number of rotatable bonds is 5. The molecule has 0 bridgehead atoms. The van der Waals surface area contributed by atoms with Gasteiger partial charge >= 0.3 is 0 Å². The molecule has 1 N–H and O–H groups in total. The molecule has 1 aromatic heterocycles. The van der Waals surface area contributed by atoms with Crippen LogP contribution in [0, 0.1) is 0 Å². The summed E-state index contributed by atoms with van der Waals surface area (Å²) in [4.78, 5) is 0. The molecule has 1 aliphatic rings. The van der Waals surface area contributed by atoms with Crippen LogP contribution in [0.1, 0.15) is 25.8 Å². The predicted molar refractivity (Wildman–Crippen MR) is 101 cm³/mol. The first-order valence-electron chi connectivity index (χ1n) is 7.92. The van der Waals surface area contributed by atoms with Crippen LogP contribution in [0.25, 0.3) is 0 Å². The van der Waals surface area contributed by atoms with Crippen molar-refractivity contribution in [3.8, 4) is 0 Å². The van der Waals surface area contributed by atoms with E-state index < -0.39 is 25.3 Å². The molecule has 2 aromatic rings. The zero-order chi connectivity index (χ0) is 18.2. The summed E-state index contributed by atoms with van der Waals surface area (Å²) >= 11 is 1.18. The highest BCUT2D eigenvalue weighted by molar-refractivity contribution is 7.94. The summed E-state index contributed by atoms with van der Waals surface area (Å²) in [7, 11) is -7.12. The first-order chi connectivity index (χ1) is 11.7. The van der Waals surface area contributed by atoms with Crippen molar-refractivity contribution >= 4 is 42.8 Å². The number of thiophene rings is 1. The van der Waals surface area contributed by atoms with Gasteiger partial charge in [0.1, 0.15) is 4.21 Å². The molecule has 3 rings (SSSR count). The van der Waals surface area contributed by atoms with Crippen molar-refractivity contribution in [2.75, 3.05) is 15.6 Å². The number of fused-ring (bicyclic) bond motifs is 1. The van der Waals surface area contributed by atoms with Gasteiger partial charge in [-0.05, 0) is 55.8 Å². The van der Waals surface area contributed by atoms with Crippen LogP contribution in [0.4, 0.5) is 11.4 Å². The van der Waals surface area contributed by atoms with Gasteiger partial charge in [-0.2, -0.15) is 0 Å². The van der Waals surface area contributed by atoms with E-state index in [0.29, 0.717) is 17.9 Å². The van der Waals surface area contributed by atoms with Crippen LogP contribution in [0.3, 0.4) is 0 Å². The predicted octanol–water partition coefficient (Wildman–Crippen LogP) is 3.04. The molecule has 0 spiro atoms. The molecule has 2 heterocycles. The Kier molecular flexibility index (Phi) is 4.82. The Labute approximate surface area is 152 Å². The molecule has 0 saturated heterocycles. The molecule has 1 aromatic carbocycles. The summed E-state index contributed by atoms with van der Waals surface area (Å²) in [5.41, 5.74) is 1.82. The fourth-order valence-corrected chi connectivity index (χ4v) is 5.98. The van der Waals surface area contributed by atoms with Gasteiger partial charge in [-0.15, -0.1) is 11.3 Å². The van der Waals surface area contributed by atoms with Crippen LogP contribution in [-0.2, 0) is 26.5 Å². The molecule has 0 aliphatic carbocycles. The lowest BCUT2D eigenvalue weighted by atomic mass is 10.0. The molecule has 0 amide bonds. The van der Waals surface area contributed by atoms with Crippen molar-refractivity contribution in [3.63, 3.8) is 0 Å². The Balaban J connectivity index is 2.02. The summed E-state index contributed by atoms with van der Waals surface area (Å²) in [5, 5.41) is 1.15. The maximum absolute atomic E-state index is 12.9. The molecule has 25 heavy (non-hydrogen) atoms. The molecule has 136 valence electrons. The van der Waals surface area contributed by atoms with E-state index in [1.165, 1.54) is 15.6 Å². The van der Waals surface area contributed by atoms with E-state index in [2.05, 4.69) is 4.72 Å². The average Bonchev–Trinajstić information content (AvgIpc) is 3.09. The molecule has 0 unspecified atom stereocenters. The first-order valence-corrected chi connectivity index (χ1v) is 11.8. The van der Waals surface area contributed by atoms with Gasteiger partial charge in [-0.25, -0.2) is 16.8 Å². The normalized spacial score (nSPS) is 15.2. The van der Waals surface area contributed by atoms with Crippen LogP contribution in [-0.4, -0.2) is 28.6 Å². The Bertz CT molecular complexity index is 965. The smallest absolute Gasteiger partial charge is 0.273 e. The number of hydrogen-bond acceptors (Lipinski definition) is 5. The summed E-state index contributed by atoms with van der Waals surface area (Å²) < 4.78 is 54.2. The molecule has 0 radical (unpaired) electrons. The molecule has 0 atom stereocenters. The maximum atomic E-state index is 12.9. The monoisotopic (exact) mass is 400 g/mol. The van der Waals surface area contributed by atoms with E-state index in [-0.39, 0.29) is 4.21 Å². The third kappa shape index (κ3) is 3.54. The number of nitrogens with zero attached hydrogens (tertiary/aromatic N) is 1. The van der Waals surface area contributed by atoms with E-state index in [9.17, 15) is 16.8 Å². The van der Waals surface area contributed by atoms with Crippen molar-refractivity contribution in [1.29, 1.82) is 0 Å². The van der Waals surface area contributed by atoms with E-state index in [1.54, 1.807) is 49.6 Å². The van der Waals surface area contributed by atoms with Crippen LogP contribution in [0.5, 0.6) is 0 Å². The van der Waals surface area contributed by atoms with Crippen LogP contribution >= 0.6 is 11.3 Å². The van der Waals surface area contributed by atoms with Crippen molar-refractivity contribution in [2.24, 2.45) is 0 Å². The Morgan fingerprint density at radius 3 is 2.56 bits per heavy atom. The minimum atomic E-state index is -3.63. The number of anilines is 2. The van der Waals surface area contributed by atoms with E-state index >= 15 is 0 Å². The zero-order valence-corrected chi connectivity index (χ0v) is 16.4. The summed E-state index contributed by atoms with van der Waals surface area (Å²) in [6.07, 6.45) is 1.50. The van der Waals surface area contributed by atoms with E-state index in [1.807, 2.05) is 0 Å². The van der Waals surface area contributed by atoms with Gasteiger partial charge in [0, 0.05) is 6.54 Å². The number of nitrogens with one attached hydrogen (secondary N) is 1. The van der Waals surface area contributed by atoms with Crippen molar-refractivity contribution in [1.82, 2.24) is 0 Å². The molecule has 9 heteroatoms. The van der Waals surface area contributed by atoms with E-state index in [0.717, 1.165) is 18.4 Å². The molecule has 0 fully saturated rings. The average molecular weight is 401 g/mol. The highest BCUT2D eigenvalue weighted by Gasteiger charge is 2.30. The molecular weight excluding hydrogens is 380 g/mol. The minimum Gasteiger partial charge on any atom is -0.283 e. The second-order valence-corrected chi connectivity index (χ2v) is 11.4. The van der Waals surface area contributed by atoms with Gasteiger partial charge in [0.15, 0.2) is 0 Å². The van der Waals surface area contributed by atoms with Crippen LogP contribution < -0.4 is 9.03 Å². The standard InChI is InChI=1S/C16H20N2O4S3/c1-12(2)24(19,20)17-14-8-7-13-5-3-9-18(15(13)11-14)25(21,22)16-6-4-10-23-16/h4,6-8,10-12,17H,3,5,9H2,1-2H3. The molecular formula is C16H20N2O4S3. The van der Waals surface area contributed by atoms with Crippen LogP contribution in [0.15, 0.2) is 39.9 Å². The lowest BCUT2D eigenvalue weighted by Crippen LogP contribution is -2.35.